The fraction of sp³-hybridized carbons (Fsp3) is 0.174. The van der Waals surface area contributed by atoms with Crippen LogP contribution in [0.2, 0.25) is 0 Å². The molecule has 0 bridgehead atoms. The summed E-state index contributed by atoms with van der Waals surface area (Å²) in [6, 6.07) is 19.1. The minimum Gasteiger partial charge on any atom is -0.497 e. The maximum atomic E-state index is 12.4. The molecule has 2 aromatic carbocycles. The van der Waals surface area contributed by atoms with Crippen LogP contribution in [0.1, 0.15) is 19.4 Å². The number of aromatic nitrogens is 2. The molecule has 0 spiro atoms. The van der Waals surface area contributed by atoms with Crippen molar-refractivity contribution in [3.8, 4) is 28.8 Å². The Morgan fingerprint density at radius 2 is 1.86 bits per heavy atom. The number of methoxy groups -OCH3 is 1. The van der Waals surface area contributed by atoms with E-state index in [0.29, 0.717) is 11.3 Å². The van der Waals surface area contributed by atoms with Crippen LogP contribution in [0.4, 0.5) is 0 Å². The average Bonchev–Trinajstić information content (AvgIpc) is 3.16. The van der Waals surface area contributed by atoms with Crippen LogP contribution < -0.4 is 10.1 Å². The second-order valence-electron chi connectivity index (χ2n) is 6.74. The monoisotopic (exact) mass is 386 g/mol. The van der Waals surface area contributed by atoms with Crippen LogP contribution in [0.15, 0.2) is 66.4 Å². The molecule has 6 nitrogen and oxygen atoms in total. The van der Waals surface area contributed by atoms with Crippen molar-refractivity contribution in [2.24, 2.45) is 0 Å². The van der Waals surface area contributed by atoms with Crippen LogP contribution in [-0.4, -0.2) is 28.8 Å². The molecule has 1 N–H and O–H groups in total. The first-order chi connectivity index (χ1) is 14.0. The number of ether oxygens (including phenoxy) is 1. The van der Waals surface area contributed by atoms with Crippen molar-refractivity contribution < 1.29 is 9.53 Å². The number of benzene rings is 2. The molecule has 0 saturated carbocycles. The van der Waals surface area contributed by atoms with E-state index < -0.39 is 5.91 Å². The van der Waals surface area contributed by atoms with Gasteiger partial charge in [0.15, 0.2) is 0 Å². The summed E-state index contributed by atoms with van der Waals surface area (Å²) in [5.41, 5.74) is 3.11. The van der Waals surface area contributed by atoms with Crippen LogP contribution in [0.5, 0.6) is 5.75 Å². The summed E-state index contributed by atoms with van der Waals surface area (Å²) < 4.78 is 6.96. The number of rotatable bonds is 6. The van der Waals surface area contributed by atoms with Gasteiger partial charge < -0.3 is 10.1 Å². The van der Waals surface area contributed by atoms with Crippen molar-refractivity contribution in [3.63, 3.8) is 0 Å². The maximum Gasteiger partial charge on any atom is 0.262 e. The van der Waals surface area contributed by atoms with Gasteiger partial charge in [-0.3, -0.25) is 4.79 Å². The summed E-state index contributed by atoms with van der Waals surface area (Å²) in [7, 11) is 1.61. The van der Waals surface area contributed by atoms with Crippen molar-refractivity contribution >= 4 is 12.0 Å². The van der Waals surface area contributed by atoms with Gasteiger partial charge in [-0.05, 0) is 56.3 Å². The molecule has 1 aromatic heterocycles. The van der Waals surface area contributed by atoms with E-state index in [4.69, 9.17) is 9.84 Å². The fourth-order valence-electron chi connectivity index (χ4n) is 2.82. The molecule has 3 aromatic rings. The van der Waals surface area contributed by atoms with E-state index in [2.05, 4.69) is 5.32 Å². The van der Waals surface area contributed by atoms with Gasteiger partial charge in [-0.1, -0.05) is 18.2 Å². The molecule has 29 heavy (non-hydrogen) atoms. The summed E-state index contributed by atoms with van der Waals surface area (Å²) in [5.74, 6) is 0.331. The Morgan fingerprint density at radius 1 is 1.17 bits per heavy atom. The van der Waals surface area contributed by atoms with E-state index in [-0.39, 0.29) is 11.6 Å². The zero-order valence-electron chi connectivity index (χ0n) is 16.6. The van der Waals surface area contributed by atoms with Gasteiger partial charge in [0.05, 0.1) is 18.5 Å². The van der Waals surface area contributed by atoms with Crippen molar-refractivity contribution in [1.82, 2.24) is 15.1 Å². The lowest BCUT2D eigenvalue weighted by molar-refractivity contribution is -0.117. The predicted molar refractivity (Wildman–Crippen MR) is 112 cm³/mol. The molecule has 0 aliphatic carbocycles. The summed E-state index contributed by atoms with van der Waals surface area (Å²) in [6.45, 7) is 3.70. The molecule has 3 rings (SSSR count). The number of carbonyl (C=O) groups is 1. The van der Waals surface area contributed by atoms with Gasteiger partial charge in [0.25, 0.3) is 5.91 Å². The zero-order chi connectivity index (χ0) is 20.8. The number of nitrogens with zero attached hydrogens (tertiary/aromatic N) is 3. The zero-order valence-corrected chi connectivity index (χ0v) is 16.6. The van der Waals surface area contributed by atoms with E-state index in [1.807, 2.05) is 80.7 Å². The Kier molecular flexibility index (Phi) is 6.10. The van der Waals surface area contributed by atoms with Crippen LogP contribution in [0.3, 0.4) is 0 Å². The predicted octanol–water partition coefficient (Wildman–Crippen LogP) is 3.98. The Bertz CT molecular complexity index is 1060. The number of amides is 1. The average molecular weight is 386 g/mol. The van der Waals surface area contributed by atoms with Crippen molar-refractivity contribution in [1.29, 1.82) is 5.26 Å². The molecule has 0 aliphatic heterocycles. The Balaban J connectivity index is 2.10. The summed E-state index contributed by atoms with van der Waals surface area (Å²) in [4.78, 5) is 12.4. The number of nitrogens with one attached hydrogen (secondary N) is 1. The molecule has 146 valence electrons. The van der Waals surface area contributed by atoms with Gasteiger partial charge in [0.1, 0.15) is 17.4 Å². The minimum absolute atomic E-state index is 0.0288. The Labute approximate surface area is 170 Å². The Morgan fingerprint density at radius 3 is 2.45 bits per heavy atom. The number of hydrogen-bond donors (Lipinski definition) is 1. The molecule has 0 saturated heterocycles. The van der Waals surface area contributed by atoms with Gasteiger partial charge in [-0.2, -0.15) is 10.4 Å². The summed E-state index contributed by atoms with van der Waals surface area (Å²) in [5, 5.41) is 17.0. The highest BCUT2D eigenvalue weighted by Crippen LogP contribution is 2.27. The normalized spacial score (nSPS) is 11.2. The molecular formula is C23H22N4O2. The lowest BCUT2D eigenvalue weighted by atomic mass is 10.1. The topological polar surface area (TPSA) is 79.9 Å². The third-order valence-electron chi connectivity index (χ3n) is 4.21. The number of hydrogen-bond acceptors (Lipinski definition) is 4. The van der Waals surface area contributed by atoms with Crippen LogP contribution in [0.25, 0.3) is 23.0 Å². The van der Waals surface area contributed by atoms with Gasteiger partial charge in [-0.15, -0.1) is 0 Å². The quantitative estimate of drug-likeness (QED) is 0.513. The van der Waals surface area contributed by atoms with Gasteiger partial charge in [0, 0.05) is 23.4 Å². The summed E-state index contributed by atoms with van der Waals surface area (Å²) >= 11 is 0. The molecule has 0 radical (unpaired) electrons. The molecule has 0 aliphatic rings. The molecule has 6 heteroatoms. The largest absolute Gasteiger partial charge is 0.497 e. The van der Waals surface area contributed by atoms with Crippen molar-refractivity contribution in [2.45, 2.75) is 19.9 Å². The first-order valence-corrected chi connectivity index (χ1v) is 9.24. The smallest absolute Gasteiger partial charge is 0.262 e. The second-order valence-corrected chi connectivity index (χ2v) is 6.74. The van der Waals surface area contributed by atoms with E-state index in [9.17, 15) is 10.1 Å². The SMILES string of the molecule is COc1ccc(-c2nn(-c3ccccc3)cc2/C=C(\C#N)C(=O)NC(C)C)cc1. The first kappa shape index (κ1) is 19.9. The lowest BCUT2D eigenvalue weighted by Crippen LogP contribution is -2.30. The molecule has 1 heterocycles. The van der Waals surface area contributed by atoms with E-state index in [0.717, 1.165) is 17.0 Å². The minimum atomic E-state index is -0.407. The lowest BCUT2D eigenvalue weighted by Gasteiger charge is -2.07. The molecule has 0 unspecified atom stereocenters. The van der Waals surface area contributed by atoms with Crippen LogP contribution >= 0.6 is 0 Å². The molecule has 0 fully saturated rings. The van der Waals surface area contributed by atoms with Gasteiger partial charge in [-0.25, -0.2) is 4.68 Å². The third kappa shape index (κ3) is 4.71. The van der Waals surface area contributed by atoms with E-state index in [1.54, 1.807) is 17.9 Å². The van der Waals surface area contributed by atoms with E-state index >= 15 is 0 Å². The van der Waals surface area contributed by atoms with Gasteiger partial charge >= 0.3 is 0 Å². The van der Waals surface area contributed by atoms with Crippen molar-refractivity contribution in [2.75, 3.05) is 7.11 Å². The molecular weight excluding hydrogens is 364 g/mol. The molecule has 1 amide bonds. The Hall–Kier alpha value is -3.85. The highest BCUT2D eigenvalue weighted by atomic mass is 16.5. The fourth-order valence-corrected chi connectivity index (χ4v) is 2.82. The summed E-state index contributed by atoms with van der Waals surface area (Å²) in [6.07, 6.45) is 3.39. The third-order valence-corrected chi connectivity index (χ3v) is 4.21. The number of para-hydroxylation sites is 1. The maximum absolute atomic E-state index is 12.4. The van der Waals surface area contributed by atoms with Crippen molar-refractivity contribution in [3.05, 3.63) is 71.9 Å². The van der Waals surface area contributed by atoms with E-state index in [1.165, 1.54) is 0 Å². The van der Waals surface area contributed by atoms with Gasteiger partial charge in [0.2, 0.25) is 0 Å². The molecule has 0 atom stereocenters. The highest BCUT2D eigenvalue weighted by Gasteiger charge is 2.15. The van der Waals surface area contributed by atoms with Crippen LogP contribution in [-0.2, 0) is 4.79 Å². The second kappa shape index (κ2) is 8.89. The standard InChI is InChI=1S/C23H22N4O2/c1-16(2)25-23(28)18(14-24)13-19-15-27(20-7-5-4-6-8-20)26-22(19)17-9-11-21(29-3)12-10-17/h4-13,15-16H,1-3H3,(H,25,28)/b18-13+. The van der Waals surface area contributed by atoms with Crippen LogP contribution in [0, 0.1) is 11.3 Å². The first-order valence-electron chi connectivity index (χ1n) is 9.24. The highest BCUT2D eigenvalue weighted by molar-refractivity contribution is 6.02. The number of carbonyl (C=O) groups excluding carboxylic acids is 1. The number of nitriles is 1.